The molecule has 1 aliphatic rings. The van der Waals surface area contributed by atoms with Crippen LogP contribution < -0.4 is 5.32 Å². The lowest BCUT2D eigenvalue weighted by molar-refractivity contribution is -0.221. The number of aliphatic hydroxyl groups is 4. The molecule has 6 nitrogen and oxygen atoms in total. The Labute approximate surface area is 111 Å². The number of hydrogen-bond acceptors (Lipinski definition) is 6. The largest absolute Gasteiger partial charge is 0.394 e. The van der Waals surface area contributed by atoms with Gasteiger partial charge in [-0.3, -0.25) is 0 Å². The highest BCUT2D eigenvalue weighted by molar-refractivity contribution is 5.45. The fourth-order valence-electron chi connectivity index (χ4n) is 2.03. The van der Waals surface area contributed by atoms with Crippen molar-refractivity contribution in [3.8, 4) is 0 Å². The van der Waals surface area contributed by atoms with E-state index in [1.54, 1.807) is 0 Å². The summed E-state index contributed by atoms with van der Waals surface area (Å²) in [5, 5.41) is 41.2. The Bertz CT molecular complexity index is 408. The average molecular weight is 269 g/mol. The molecule has 0 aliphatic carbocycles. The highest BCUT2D eigenvalue weighted by Crippen LogP contribution is 2.22. The maximum atomic E-state index is 9.86. The van der Waals surface area contributed by atoms with Crippen molar-refractivity contribution in [1.29, 1.82) is 0 Å². The Kier molecular flexibility index (Phi) is 4.38. The molecule has 0 spiro atoms. The lowest BCUT2D eigenvalue weighted by atomic mass is 9.98. The molecular formula is C13H19NO5. The van der Waals surface area contributed by atoms with Gasteiger partial charge in [-0.2, -0.15) is 0 Å². The first kappa shape index (κ1) is 14.2. The molecule has 106 valence electrons. The van der Waals surface area contributed by atoms with Crippen LogP contribution >= 0.6 is 0 Å². The zero-order valence-corrected chi connectivity index (χ0v) is 10.6. The van der Waals surface area contributed by atoms with E-state index >= 15 is 0 Å². The second-order valence-corrected chi connectivity index (χ2v) is 4.76. The summed E-state index contributed by atoms with van der Waals surface area (Å²) in [6.07, 6.45) is -5.77. The van der Waals surface area contributed by atoms with Gasteiger partial charge in [0.15, 0.2) is 6.23 Å². The molecule has 0 bridgehead atoms. The van der Waals surface area contributed by atoms with E-state index < -0.39 is 37.3 Å². The first-order valence-corrected chi connectivity index (χ1v) is 6.16. The molecule has 1 aliphatic heterocycles. The molecule has 19 heavy (non-hydrogen) atoms. The SMILES string of the molecule is Cc1ccc(N[C@@H]2O[C@H](CO)[C@H](O)[C@H](O)[C@H]2O)cc1. The van der Waals surface area contributed by atoms with Gasteiger partial charge in [0, 0.05) is 5.69 Å². The molecule has 0 amide bonds. The van der Waals surface area contributed by atoms with Crippen LogP contribution in [0.3, 0.4) is 0 Å². The van der Waals surface area contributed by atoms with Crippen LogP contribution in [0.15, 0.2) is 24.3 Å². The van der Waals surface area contributed by atoms with Crippen molar-refractivity contribution >= 4 is 5.69 Å². The first-order valence-electron chi connectivity index (χ1n) is 6.16. The average Bonchev–Trinajstić information content (AvgIpc) is 2.42. The van der Waals surface area contributed by atoms with Gasteiger partial charge >= 0.3 is 0 Å². The zero-order valence-electron chi connectivity index (χ0n) is 10.6. The Balaban J connectivity index is 2.08. The van der Waals surface area contributed by atoms with Gasteiger partial charge < -0.3 is 30.5 Å². The molecule has 5 atom stereocenters. The second-order valence-electron chi connectivity index (χ2n) is 4.76. The monoisotopic (exact) mass is 269 g/mol. The lowest BCUT2D eigenvalue weighted by Gasteiger charge is -2.40. The number of hydrogen-bond donors (Lipinski definition) is 5. The third kappa shape index (κ3) is 3.05. The topological polar surface area (TPSA) is 102 Å². The third-order valence-electron chi connectivity index (χ3n) is 3.25. The van der Waals surface area contributed by atoms with Crippen LogP contribution in [0.4, 0.5) is 5.69 Å². The smallest absolute Gasteiger partial charge is 0.157 e. The summed E-state index contributed by atoms with van der Waals surface area (Å²) < 4.78 is 5.34. The number of rotatable bonds is 3. The van der Waals surface area contributed by atoms with Crippen molar-refractivity contribution in [2.75, 3.05) is 11.9 Å². The van der Waals surface area contributed by atoms with E-state index in [9.17, 15) is 15.3 Å². The number of ether oxygens (including phenoxy) is 1. The highest BCUT2D eigenvalue weighted by Gasteiger charge is 2.43. The van der Waals surface area contributed by atoms with Gasteiger partial charge in [0.1, 0.15) is 24.4 Å². The van der Waals surface area contributed by atoms with Crippen molar-refractivity contribution in [3.63, 3.8) is 0 Å². The molecule has 0 aromatic heterocycles. The molecule has 6 heteroatoms. The fraction of sp³-hybridized carbons (Fsp3) is 0.538. The van der Waals surface area contributed by atoms with Crippen LogP contribution in [0.2, 0.25) is 0 Å². The molecular weight excluding hydrogens is 250 g/mol. The number of aryl methyl sites for hydroxylation is 1. The van der Waals surface area contributed by atoms with Crippen molar-refractivity contribution < 1.29 is 25.2 Å². The maximum Gasteiger partial charge on any atom is 0.157 e. The minimum absolute atomic E-state index is 0.434. The van der Waals surface area contributed by atoms with Crippen LogP contribution in [0.1, 0.15) is 5.56 Å². The number of benzene rings is 1. The standard InChI is InChI=1S/C13H19NO5/c1-7-2-4-8(5-3-7)14-13-12(18)11(17)10(16)9(6-15)19-13/h2-5,9-18H,6H2,1H3/t9-,10+,11+,12-,13-/m1/s1. The fourth-order valence-corrected chi connectivity index (χ4v) is 2.03. The highest BCUT2D eigenvalue weighted by atomic mass is 16.6. The minimum atomic E-state index is -1.37. The Morgan fingerprint density at radius 3 is 2.26 bits per heavy atom. The number of anilines is 1. The van der Waals surface area contributed by atoms with Gasteiger partial charge in [-0.15, -0.1) is 0 Å². The minimum Gasteiger partial charge on any atom is -0.394 e. The van der Waals surface area contributed by atoms with Crippen LogP contribution in [0.25, 0.3) is 0 Å². The molecule has 1 aromatic rings. The molecule has 0 unspecified atom stereocenters. The molecule has 2 rings (SSSR count). The summed E-state index contributed by atoms with van der Waals surface area (Å²) in [6, 6.07) is 7.42. The second kappa shape index (κ2) is 5.85. The van der Waals surface area contributed by atoms with Crippen molar-refractivity contribution in [2.45, 2.75) is 37.6 Å². The van der Waals surface area contributed by atoms with E-state index in [1.807, 2.05) is 31.2 Å². The number of aliphatic hydroxyl groups excluding tert-OH is 4. The molecule has 1 saturated heterocycles. The van der Waals surface area contributed by atoms with E-state index in [-0.39, 0.29) is 0 Å². The predicted octanol–water partition coefficient (Wildman–Crippen LogP) is -0.793. The lowest BCUT2D eigenvalue weighted by Crippen LogP contribution is -2.60. The Morgan fingerprint density at radius 1 is 1.05 bits per heavy atom. The van der Waals surface area contributed by atoms with E-state index in [0.29, 0.717) is 0 Å². The van der Waals surface area contributed by atoms with Gasteiger partial charge in [0.05, 0.1) is 6.61 Å². The van der Waals surface area contributed by atoms with Gasteiger partial charge in [-0.05, 0) is 19.1 Å². The van der Waals surface area contributed by atoms with Gasteiger partial charge in [0.2, 0.25) is 0 Å². The molecule has 1 heterocycles. The van der Waals surface area contributed by atoms with E-state index in [0.717, 1.165) is 11.3 Å². The van der Waals surface area contributed by atoms with Gasteiger partial charge in [-0.25, -0.2) is 0 Å². The van der Waals surface area contributed by atoms with Crippen LogP contribution in [-0.4, -0.2) is 57.7 Å². The van der Waals surface area contributed by atoms with Crippen molar-refractivity contribution in [1.82, 2.24) is 0 Å². The number of nitrogens with one attached hydrogen (secondary N) is 1. The van der Waals surface area contributed by atoms with E-state index in [1.165, 1.54) is 0 Å². The summed E-state index contributed by atoms with van der Waals surface area (Å²) in [6.45, 7) is 1.52. The van der Waals surface area contributed by atoms with Gasteiger partial charge in [-0.1, -0.05) is 17.7 Å². The molecule has 0 saturated carbocycles. The first-order chi connectivity index (χ1) is 9.02. The third-order valence-corrected chi connectivity index (χ3v) is 3.25. The van der Waals surface area contributed by atoms with Crippen molar-refractivity contribution in [2.24, 2.45) is 0 Å². The maximum absolute atomic E-state index is 9.86. The summed E-state index contributed by atoms with van der Waals surface area (Å²) >= 11 is 0. The molecule has 0 radical (unpaired) electrons. The summed E-state index contributed by atoms with van der Waals surface area (Å²) in [7, 11) is 0. The van der Waals surface area contributed by atoms with Crippen LogP contribution in [0, 0.1) is 6.92 Å². The molecule has 5 N–H and O–H groups in total. The Hall–Kier alpha value is -1.18. The summed E-state index contributed by atoms with van der Waals surface area (Å²) in [5.41, 5.74) is 1.81. The normalized spacial score (nSPS) is 35.1. The molecule has 1 aromatic carbocycles. The molecule has 1 fully saturated rings. The zero-order chi connectivity index (χ0) is 14.0. The van der Waals surface area contributed by atoms with E-state index in [4.69, 9.17) is 9.84 Å². The van der Waals surface area contributed by atoms with Crippen molar-refractivity contribution in [3.05, 3.63) is 29.8 Å². The van der Waals surface area contributed by atoms with Crippen LogP contribution in [-0.2, 0) is 4.74 Å². The van der Waals surface area contributed by atoms with Gasteiger partial charge in [0.25, 0.3) is 0 Å². The summed E-state index contributed by atoms with van der Waals surface area (Å²) in [4.78, 5) is 0. The summed E-state index contributed by atoms with van der Waals surface area (Å²) in [5.74, 6) is 0. The quantitative estimate of drug-likeness (QED) is 0.493. The van der Waals surface area contributed by atoms with Crippen LogP contribution in [0.5, 0.6) is 0 Å². The Morgan fingerprint density at radius 2 is 1.68 bits per heavy atom. The van der Waals surface area contributed by atoms with E-state index in [2.05, 4.69) is 5.32 Å². The predicted molar refractivity (Wildman–Crippen MR) is 68.6 cm³/mol.